The predicted octanol–water partition coefficient (Wildman–Crippen LogP) is 3.50. The molecule has 0 aromatic heterocycles. The van der Waals surface area contributed by atoms with Crippen LogP contribution in [0.5, 0.6) is 0 Å². The van der Waals surface area contributed by atoms with Crippen LogP contribution in [0.25, 0.3) is 0 Å². The van der Waals surface area contributed by atoms with Gasteiger partial charge in [0.25, 0.3) is 0 Å². The smallest absolute Gasteiger partial charge is 0.0698 e. The minimum absolute atomic E-state index is 0.359. The summed E-state index contributed by atoms with van der Waals surface area (Å²) in [4.78, 5) is 0. The molecule has 2 aliphatic rings. The van der Waals surface area contributed by atoms with E-state index in [0.717, 1.165) is 51.7 Å². The molecule has 1 unspecified atom stereocenters. The lowest BCUT2D eigenvalue weighted by Crippen LogP contribution is -2.44. The maximum Gasteiger partial charge on any atom is 0.0698 e. The molecule has 1 atom stereocenters. The van der Waals surface area contributed by atoms with E-state index in [1.807, 2.05) is 0 Å². The first-order valence-electron chi connectivity index (χ1n) is 7.63. The fourth-order valence-electron chi connectivity index (χ4n) is 3.75. The van der Waals surface area contributed by atoms with Crippen molar-refractivity contribution in [1.82, 2.24) is 0 Å². The summed E-state index contributed by atoms with van der Waals surface area (Å²) in [5, 5.41) is 10.9. The quantitative estimate of drug-likeness (QED) is 0.882. The van der Waals surface area contributed by atoms with Gasteiger partial charge in [-0.25, -0.2) is 0 Å². The minimum Gasteiger partial charge on any atom is -0.390 e. The first kappa shape index (κ1) is 13.1. The summed E-state index contributed by atoms with van der Waals surface area (Å²) in [5.74, 6) is 0.990. The van der Waals surface area contributed by atoms with Crippen molar-refractivity contribution in [2.45, 2.75) is 50.0 Å². The summed E-state index contributed by atoms with van der Waals surface area (Å²) in [7, 11) is 0. The summed E-state index contributed by atoms with van der Waals surface area (Å²) in [5.41, 5.74) is 0.968. The fourth-order valence-corrected chi connectivity index (χ4v) is 3.75. The molecule has 2 fully saturated rings. The molecule has 2 heteroatoms. The van der Waals surface area contributed by atoms with E-state index in [2.05, 4.69) is 30.3 Å². The van der Waals surface area contributed by atoms with E-state index in [1.165, 1.54) is 5.56 Å². The van der Waals surface area contributed by atoms with Crippen molar-refractivity contribution < 1.29 is 9.84 Å². The van der Waals surface area contributed by atoms with E-state index in [4.69, 9.17) is 4.74 Å². The Morgan fingerprint density at radius 3 is 2.42 bits per heavy atom. The highest BCUT2D eigenvalue weighted by molar-refractivity contribution is 5.20. The van der Waals surface area contributed by atoms with Gasteiger partial charge in [-0.05, 0) is 50.0 Å². The normalized spacial score (nSPS) is 36.1. The van der Waals surface area contributed by atoms with Gasteiger partial charge in [-0.15, -0.1) is 0 Å². The minimum atomic E-state index is -0.467. The van der Waals surface area contributed by atoms with Gasteiger partial charge < -0.3 is 9.84 Å². The van der Waals surface area contributed by atoms with Gasteiger partial charge in [-0.1, -0.05) is 30.3 Å². The van der Waals surface area contributed by atoms with Crippen LogP contribution < -0.4 is 0 Å². The van der Waals surface area contributed by atoms with Crippen molar-refractivity contribution in [2.75, 3.05) is 13.2 Å². The lowest BCUT2D eigenvalue weighted by Gasteiger charge is -2.43. The molecule has 0 radical (unpaired) electrons. The van der Waals surface area contributed by atoms with Crippen molar-refractivity contribution in [2.24, 2.45) is 5.92 Å². The Hall–Kier alpha value is -0.860. The highest BCUT2D eigenvalue weighted by atomic mass is 16.5. The Morgan fingerprint density at radius 2 is 1.79 bits per heavy atom. The molecule has 1 saturated carbocycles. The van der Waals surface area contributed by atoms with Gasteiger partial charge in [0, 0.05) is 12.5 Å². The summed E-state index contributed by atoms with van der Waals surface area (Å²) >= 11 is 0. The molecule has 1 aliphatic heterocycles. The Labute approximate surface area is 115 Å². The van der Waals surface area contributed by atoms with Crippen molar-refractivity contribution in [1.29, 1.82) is 0 Å². The molecule has 0 spiro atoms. The number of benzene rings is 1. The maximum absolute atomic E-state index is 10.9. The van der Waals surface area contributed by atoms with E-state index in [-0.39, 0.29) is 0 Å². The zero-order chi connectivity index (χ0) is 13.1. The van der Waals surface area contributed by atoms with Crippen molar-refractivity contribution in [3.05, 3.63) is 35.9 Å². The lowest BCUT2D eigenvalue weighted by molar-refractivity contribution is -0.100. The zero-order valence-corrected chi connectivity index (χ0v) is 11.6. The molecule has 104 valence electrons. The molecular weight excluding hydrogens is 236 g/mol. The summed E-state index contributed by atoms with van der Waals surface area (Å²) in [6.07, 6.45) is 6.32. The highest BCUT2D eigenvalue weighted by Crippen LogP contribution is 2.43. The second kappa shape index (κ2) is 5.64. The number of rotatable bonds is 2. The maximum atomic E-state index is 10.9. The largest absolute Gasteiger partial charge is 0.390 e. The van der Waals surface area contributed by atoms with Crippen molar-refractivity contribution >= 4 is 0 Å². The third-order valence-electron chi connectivity index (χ3n) is 5.04. The Morgan fingerprint density at radius 1 is 1.05 bits per heavy atom. The van der Waals surface area contributed by atoms with Gasteiger partial charge in [-0.3, -0.25) is 0 Å². The van der Waals surface area contributed by atoms with Gasteiger partial charge in [-0.2, -0.15) is 0 Å². The van der Waals surface area contributed by atoms with E-state index < -0.39 is 5.60 Å². The van der Waals surface area contributed by atoms with Crippen LogP contribution >= 0.6 is 0 Å². The van der Waals surface area contributed by atoms with E-state index in [0.29, 0.717) is 11.8 Å². The van der Waals surface area contributed by atoms with E-state index >= 15 is 0 Å². The van der Waals surface area contributed by atoms with Crippen LogP contribution in [0.1, 0.15) is 50.0 Å². The van der Waals surface area contributed by atoms with Gasteiger partial charge in [0.2, 0.25) is 0 Å². The monoisotopic (exact) mass is 260 g/mol. The summed E-state index contributed by atoms with van der Waals surface area (Å²) in [6.45, 7) is 1.63. The zero-order valence-electron chi connectivity index (χ0n) is 11.6. The first-order valence-corrected chi connectivity index (χ1v) is 7.63. The lowest BCUT2D eigenvalue weighted by atomic mass is 9.69. The van der Waals surface area contributed by atoms with E-state index in [9.17, 15) is 5.11 Å². The van der Waals surface area contributed by atoms with Crippen LogP contribution in [0, 0.1) is 5.92 Å². The predicted molar refractivity (Wildman–Crippen MR) is 76.1 cm³/mol. The second-order valence-corrected chi connectivity index (χ2v) is 6.20. The first-order chi connectivity index (χ1) is 9.28. The fraction of sp³-hybridized carbons (Fsp3) is 0.647. The molecular formula is C17H24O2. The van der Waals surface area contributed by atoms with Crippen LogP contribution in [-0.2, 0) is 4.74 Å². The standard InChI is InChI=1S/C17H24O2/c18-17(16-7-4-12-19-13-16)10-8-15(9-11-17)14-5-2-1-3-6-14/h1-3,5-6,15-16,18H,4,7-13H2. The third kappa shape index (κ3) is 2.85. The molecule has 0 bridgehead atoms. The Balaban J connectivity index is 1.62. The van der Waals surface area contributed by atoms with Crippen LogP contribution in [0.4, 0.5) is 0 Å². The molecule has 1 saturated heterocycles. The van der Waals surface area contributed by atoms with Gasteiger partial charge in [0.1, 0.15) is 0 Å². The van der Waals surface area contributed by atoms with Gasteiger partial charge >= 0.3 is 0 Å². The van der Waals surface area contributed by atoms with Crippen molar-refractivity contribution in [3.63, 3.8) is 0 Å². The molecule has 0 amide bonds. The average Bonchev–Trinajstić information content (AvgIpc) is 2.50. The molecule has 1 aromatic carbocycles. The van der Waals surface area contributed by atoms with Gasteiger partial charge in [0.15, 0.2) is 0 Å². The molecule has 19 heavy (non-hydrogen) atoms. The summed E-state index contributed by atoms with van der Waals surface area (Å²) < 4.78 is 5.55. The van der Waals surface area contributed by atoms with Crippen LogP contribution in [0.3, 0.4) is 0 Å². The number of aliphatic hydroxyl groups is 1. The Bertz CT molecular complexity index is 387. The second-order valence-electron chi connectivity index (χ2n) is 6.20. The summed E-state index contributed by atoms with van der Waals surface area (Å²) in [6, 6.07) is 10.7. The topological polar surface area (TPSA) is 29.5 Å². The molecule has 1 aliphatic carbocycles. The molecule has 2 nitrogen and oxygen atoms in total. The van der Waals surface area contributed by atoms with E-state index in [1.54, 1.807) is 0 Å². The third-order valence-corrected chi connectivity index (χ3v) is 5.04. The number of hydrogen-bond acceptors (Lipinski definition) is 2. The molecule has 1 heterocycles. The molecule has 3 rings (SSSR count). The molecule has 1 N–H and O–H groups in total. The van der Waals surface area contributed by atoms with Crippen LogP contribution in [0.2, 0.25) is 0 Å². The van der Waals surface area contributed by atoms with Gasteiger partial charge in [0.05, 0.1) is 12.2 Å². The SMILES string of the molecule is OC1(C2CCCOC2)CCC(c2ccccc2)CC1. The van der Waals surface area contributed by atoms with Crippen LogP contribution in [-0.4, -0.2) is 23.9 Å². The van der Waals surface area contributed by atoms with Crippen LogP contribution in [0.15, 0.2) is 30.3 Å². The average molecular weight is 260 g/mol. The number of hydrogen-bond donors (Lipinski definition) is 1. The molecule has 1 aromatic rings. The number of ether oxygens (including phenoxy) is 1. The highest BCUT2D eigenvalue weighted by Gasteiger charge is 2.40. The Kier molecular flexibility index (Phi) is 3.90. The van der Waals surface area contributed by atoms with Crippen molar-refractivity contribution in [3.8, 4) is 0 Å².